The Bertz CT molecular complexity index is 386. The Hall–Kier alpha value is -1.18. The van der Waals surface area contributed by atoms with E-state index in [-0.39, 0.29) is 18.0 Å². The molecule has 0 radical (unpaired) electrons. The zero-order valence-corrected chi connectivity index (χ0v) is 16.0. The minimum Gasteiger partial charge on any atom is -0.466 e. The van der Waals surface area contributed by atoms with Crippen molar-refractivity contribution in [2.24, 2.45) is 0 Å². The third kappa shape index (κ3) is 11.1. The Morgan fingerprint density at radius 2 is 1.88 bits per heavy atom. The number of rotatable bonds is 12. The largest absolute Gasteiger partial charge is 0.466 e. The number of nitrogens with zero attached hydrogens (tertiary/aromatic N) is 2. The summed E-state index contributed by atoms with van der Waals surface area (Å²) in [4.78, 5) is 27.7. The van der Waals surface area contributed by atoms with Gasteiger partial charge in [0.1, 0.15) is 6.10 Å². The van der Waals surface area contributed by atoms with E-state index >= 15 is 0 Å². The highest BCUT2D eigenvalue weighted by Crippen LogP contribution is 2.03. The van der Waals surface area contributed by atoms with Crippen LogP contribution in [0.25, 0.3) is 0 Å². The fraction of sp³-hybridized carbons (Fsp3) is 0.889. The summed E-state index contributed by atoms with van der Waals surface area (Å²) >= 11 is 0. The van der Waals surface area contributed by atoms with E-state index in [1.54, 1.807) is 0 Å². The number of carbonyl (C=O) groups excluding carboxylic acids is 2. The SMILES string of the molecule is CCCC(=O)OCCC(C)OC(=O)CCN(C)CCN1CCOCC1. The van der Waals surface area contributed by atoms with Gasteiger partial charge >= 0.3 is 11.9 Å². The van der Waals surface area contributed by atoms with Gasteiger partial charge in [-0.15, -0.1) is 0 Å². The monoisotopic (exact) mass is 358 g/mol. The first kappa shape index (κ1) is 21.9. The van der Waals surface area contributed by atoms with Crippen LogP contribution in [0.2, 0.25) is 0 Å². The van der Waals surface area contributed by atoms with Crippen LogP contribution in [-0.4, -0.2) is 87.4 Å². The lowest BCUT2D eigenvalue weighted by Crippen LogP contribution is -2.41. The second kappa shape index (κ2) is 13.1. The standard InChI is InChI=1S/C18H34N2O5/c1-4-5-17(21)24-13-7-16(2)25-18(22)6-8-19(3)9-10-20-11-14-23-15-12-20/h16H,4-15H2,1-3H3. The summed E-state index contributed by atoms with van der Waals surface area (Å²) in [5.41, 5.74) is 0. The molecule has 0 aromatic heterocycles. The van der Waals surface area contributed by atoms with Gasteiger partial charge in [-0.3, -0.25) is 14.5 Å². The van der Waals surface area contributed by atoms with E-state index in [4.69, 9.17) is 14.2 Å². The van der Waals surface area contributed by atoms with Crippen LogP contribution >= 0.6 is 0 Å². The molecular weight excluding hydrogens is 324 g/mol. The summed E-state index contributed by atoms with van der Waals surface area (Å²) in [6.07, 6.45) is 1.89. The molecule has 0 bridgehead atoms. The molecule has 1 atom stereocenters. The van der Waals surface area contributed by atoms with Gasteiger partial charge in [-0.05, 0) is 20.4 Å². The molecule has 1 aliphatic heterocycles. The number of esters is 2. The van der Waals surface area contributed by atoms with Crippen molar-refractivity contribution >= 4 is 11.9 Å². The van der Waals surface area contributed by atoms with Crippen molar-refractivity contribution in [3.05, 3.63) is 0 Å². The quantitative estimate of drug-likeness (QED) is 0.487. The fourth-order valence-corrected chi connectivity index (χ4v) is 2.49. The Kier molecular flexibility index (Phi) is 11.4. The normalized spacial score (nSPS) is 16.6. The molecule has 7 nitrogen and oxygen atoms in total. The van der Waals surface area contributed by atoms with Crippen LogP contribution in [0.1, 0.15) is 39.5 Å². The van der Waals surface area contributed by atoms with Crippen LogP contribution in [-0.2, 0) is 23.8 Å². The molecule has 0 aliphatic carbocycles. The van der Waals surface area contributed by atoms with Crippen LogP contribution < -0.4 is 0 Å². The highest BCUT2D eigenvalue weighted by atomic mass is 16.6. The molecule has 1 saturated heterocycles. The molecule has 1 rings (SSSR count). The van der Waals surface area contributed by atoms with Crippen molar-refractivity contribution in [3.8, 4) is 0 Å². The first-order valence-electron chi connectivity index (χ1n) is 9.35. The number of hydrogen-bond donors (Lipinski definition) is 0. The van der Waals surface area contributed by atoms with Gasteiger partial charge in [0.2, 0.25) is 0 Å². The van der Waals surface area contributed by atoms with E-state index < -0.39 is 0 Å². The Morgan fingerprint density at radius 1 is 1.16 bits per heavy atom. The minimum absolute atomic E-state index is 0.192. The van der Waals surface area contributed by atoms with E-state index in [9.17, 15) is 9.59 Å². The second-order valence-electron chi connectivity index (χ2n) is 6.57. The molecule has 1 heterocycles. The number of ether oxygens (including phenoxy) is 3. The van der Waals surface area contributed by atoms with Gasteiger partial charge in [-0.1, -0.05) is 6.92 Å². The molecule has 1 aliphatic rings. The summed E-state index contributed by atoms with van der Waals surface area (Å²) in [5.74, 6) is -0.395. The number of carbonyl (C=O) groups is 2. The van der Waals surface area contributed by atoms with E-state index in [0.29, 0.717) is 32.4 Å². The van der Waals surface area contributed by atoms with Crippen LogP contribution in [0.15, 0.2) is 0 Å². The van der Waals surface area contributed by atoms with E-state index in [1.807, 2.05) is 20.9 Å². The van der Waals surface area contributed by atoms with Gasteiger partial charge in [0.05, 0.1) is 26.2 Å². The van der Waals surface area contributed by atoms with Gasteiger partial charge in [0.25, 0.3) is 0 Å². The second-order valence-corrected chi connectivity index (χ2v) is 6.57. The van der Waals surface area contributed by atoms with Gasteiger partial charge in [-0.2, -0.15) is 0 Å². The van der Waals surface area contributed by atoms with Crippen LogP contribution in [0.3, 0.4) is 0 Å². The summed E-state index contributed by atoms with van der Waals surface area (Å²) < 4.78 is 15.8. The maximum atomic E-state index is 11.9. The Morgan fingerprint density at radius 3 is 2.56 bits per heavy atom. The maximum Gasteiger partial charge on any atom is 0.307 e. The minimum atomic E-state index is -0.236. The fourth-order valence-electron chi connectivity index (χ4n) is 2.49. The molecule has 0 amide bonds. The molecule has 1 fully saturated rings. The molecule has 0 aromatic rings. The molecule has 7 heteroatoms. The summed E-state index contributed by atoms with van der Waals surface area (Å²) in [6, 6.07) is 0. The van der Waals surface area contributed by atoms with E-state index in [0.717, 1.165) is 45.8 Å². The topological polar surface area (TPSA) is 68.3 Å². The molecule has 25 heavy (non-hydrogen) atoms. The maximum absolute atomic E-state index is 11.9. The van der Waals surface area contributed by atoms with Crippen molar-refractivity contribution in [1.29, 1.82) is 0 Å². The predicted molar refractivity (Wildman–Crippen MR) is 95.4 cm³/mol. The molecule has 1 unspecified atom stereocenters. The van der Waals surface area contributed by atoms with Gasteiger partial charge in [0, 0.05) is 45.6 Å². The lowest BCUT2D eigenvalue weighted by Gasteiger charge is -2.28. The highest BCUT2D eigenvalue weighted by Gasteiger charge is 2.13. The van der Waals surface area contributed by atoms with Crippen molar-refractivity contribution in [2.45, 2.75) is 45.6 Å². The molecule has 0 spiro atoms. The van der Waals surface area contributed by atoms with Crippen molar-refractivity contribution in [2.75, 3.05) is 59.6 Å². The summed E-state index contributed by atoms with van der Waals surface area (Å²) in [7, 11) is 2.02. The van der Waals surface area contributed by atoms with Gasteiger partial charge in [-0.25, -0.2) is 0 Å². The van der Waals surface area contributed by atoms with Crippen molar-refractivity contribution < 1.29 is 23.8 Å². The van der Waals surface area contributed by atoms with Gasteiger partial charge in [0.15, 0.2) is 0 Å². The average Bonchev–Trinajstić information content (AvgIpc) is 2.59. The van der Waals surface area contributed by atoms with Crippen LogP contribution in [0.5, 0.6) is 0 Å². The van der Waals surface area contributed by atoms with Crippen LogP contribution in [0.4, 0.5) is 0 Å². The lowest BCUT2D eigenvalue weighted by molar-refractivity contribution is -0.150. The summed E-state index contributed by atoms with van der Waals surface area (Å²) in [6.45, 7) is 10.2. The van der Waals surface area contributed by atoms with Gasteiger partial charge < -0.3 is 19.1 Å². The van der Waals surface area contributed by atoms with Crippen molar-refractivity contribution in [3.63, 3.8) is 0 Å². The third-order valence-corrected chi connectivity index (χ3v) is 4.17. The predicted octanol–water partition coefficient (Wildman–Crippen LogP) is 1.31. The van der Waals surface area contributed by atoms with Crippen molar-refractivity contribution in [1.82, 2.24) is 9.80 Å². The Labute approximate surface area is 151 Å². The Balaban J connectivity index is 2.05. The smallest absolute Gasteiger partial charge is 0.307 e. The first-order chi connectivity index (χ1) is 12.0. The zero-order valence-electron chi connectivity index (χ0n) is 16.0. The van der Waals surface area contributed by atoms with Crippen LogP contribution in [0, 0.1) is 0 Å². The molecule has 0 N–H and O–H groups in total. The van der Waals surface area contributed by atoms with E-state index in [2.05, 4.69) is 9.80 Å². The summed E-state index contributed by atoms with van der Waals surface area (Å²) in [5, 5.41) is 0. The number of hydrogen-bond acceptors (Lipinski definition) is 7. The average molecular weight is 358 g/mol. The number of likely N-dealkylation sites (N-methyl/N-ethyl adjacent to an activating group) is 1. The number of morpholine rings is 1. The molecular formula is C18H34N2O5. The van der Waals surface area contributed by atoms with E-state index in [1.165, 1.54) is 0 Å². The molecule has 146 valence electrons. The first-order valence-corrected chi connectivity index (χ1v) is 9.35. The highest BCUT2D eigenvalue weighted by molar-refractivity contribution is 5.70. The molecule has 0 aromatic carbocycles. The molecule has 0 saturated carbocycles. The zero-order chi connectivity index (χ0) is 18.5. The lowest BCUT2D eigenvalue weighted by atomic mass is 10.3. The third-order valence-electron chi connectivity index (χ3n) is 4.17.